The molecule has 1 aromatic rings. The largest absolute Gasteiger partial charge is 0.382 e. The van der Waals surface area contributed by atoms with E-state index >= 15 is 0 Å². The Balaban J connectivity index is 2.15. The van der Waals surface area contributed by atoms with Crippen molar-refractivity contribution in [2.24, 2.45) is 5.73 Å². The number of pyridine rings is 1. The number of hydrogen-bond acceptors (Lipinski definition) is 4. The molecule has 0 spiro atoms. The first kappa shape index (κ1) is 11.9. The second kappa shape index (κ2) is 5.14. The first-order chi connectivity index (χ1) is 8.16. The van der Waals surface area contributed by atoms with Crippen molar-refractivity contribution in [2.75, 3.05) is 38.1 Å². The summed E-state index contributed by atoms with van der Waals surface area (Å²) in [5.74, 6) is 0.0267. The Morgan fingerprint density at radius 1 is 1.35 bits per heavy atom. The van der Waals surface area contributed by atoms with E-state index in [1.807, 2.05) is 12.1 Å². The SMILES string of the molecule is CN1CCCN(c2ccnc(C(=N)N)c2)CC1. The van der Waals surface area contributed by atoms with Crippen molar-refractivity contribution in [1.82, 2.24) is 9.88 Å². The molecule has 1 saturated heterocycles. The maximum Gasteiger partial charge on any atom is 0.141 e. The number of anilines is 1. The molecule has 0 bridgehead atoms. The summed E-state index contributed by atoms with van der Waals surface area (Å²) in [6.07, 6.45) is 2.88. The standard InChI is InChI=1S/C12H19N5/c1-16-5-2-6-17(8-7-16)10-3-4-15-11(9-10)12(13)14/h3-4,9H,2,5-8H2,1H3,(H3,13,14). The molecule has 1 fully saturated rings. The zero-order valence-electron chi connectivity index (χ0n) is 10.2. The average Bonchev–Trinajstić information content (AvgIpc) is 2.54. The number of nitrogens with zero attached hydrogens (tertiary/aromatic N) is 3. The van der Waals surface area contributed by atoms with Gasteiger partial charge in [0.15, 0.2) is 0 Å². The molecule has 1 aromatic heterocycles. The van der Waals surface area contributed by atoms with Gasteiger partial charge in [-0.05, 0) is 32.1 Å². The van der Waals surface area contributed by atoms with Crippen LogP contribution in [-0.2, 0) is 0 Å². The van der Waals surface area contributed by atoms with Gasteiger partial charge in [-0.1, -0.05) is 0 Å². The van der Waals surface area contributed by atoms with Crippen LogP contribution >= 0.6 is 0 Å². The molecule has 1 aliphatic rings. The second-order valence-electron chi connectivity index (χ2n) is 4.46. The van der Waals surface area contributed by atoms with E-state index in [0.717, 1.165) is 38.3 Å². The molecule has 0 amide bonds. The van der Waals surface area contributed by atoms with Gasteiger partial charge in [0, 0.05) is 31.5 Å². The Kier molecular flexibility index (Phi) is 3.58. The van der Waals surface area contributed by atoms with Gasteiger partial charge in [-0.15, -0.1) is 0 Å². The number of rotatable bonds is 2. The van der Waals surface area contributed by atoms with Crippen molar-refractivity contribution < 1.29 is 0 Å². The highest BCUT2D eigenvalue weighted by Gasteiger charge is 2.13. The minimum absolute atomic E-state index is 0.0267. The fraction of sp³-hybridized carbons (Fsp3) is 0.500. The topological polar surface area (TPSA) is 69.2 Å². The van der Waals surface area contributed by atoms with Crippen LogP contribution in [0.1, 0.15) is 12.1 Å². The zero-order chi connectivity index (χ0) is 12.3. The molecule has 3 N–H and O–H groups in total. The maximum absolute atomic E-state index is 7.41. The predicted octanol–water partition coefficient (Wildman–Crippen LogP) is 0.508. The van der Waals surface area contributed by atoms with Crippen LogP contribution in [0, 0.1) is 5.41 Å². The van der Waals surface area contributed by atoms with Gasteiger partial charge in [-0.2, -0.15) is 0 Å². The van der Waals surface area contributed by atoms with E-state index < -0.39 is 0 Å². The third-order valence-electron chi connectivity index (χ3n) is 3.10. The molecule has 2 rings (SSSR count). The third-order valence-corrected chi connectivity index (χ3v) is 3.10. The molecule has 0 aromatic carbocycles. The number of aromatic nitrogens is 1. The van der Waals surface area contributed by atoms with Crippen LogP contribution in [-0.4, -0.2) is 48.9 Å². The molecule has 0 atom stereocenters. The minimum atomic E-state index is 0.0267. The highest BCUT2D eigenvalue weighted by atomic mass is 15.2. The normalized spacial score (nSPS) is 17.8. The lowest BCUT2D eigenvalue weighted by Crippen LogP contribution is -2.29. The van der Waals surface area contributed by atoms with Gasteiger partial charge in [0.25, 0.3) is 0 Å². The Bertz CT molecular complexity index is 404. The number of amidine groups is 1. The molecule has 17 heavy (non-hydrogen) atoms. The summed E-state index contributed by atoms with van der Waals surface area (Å²) in [7, 11) is 2.15. The van der Waals surface area contributed by atoms with E-state index in [-0.39, 0.29) is 5.84 Å². The number of nitrogens with two attached hydrogens (primary N) is 1. The molecule has 2 heterocycles. The minimum Gasteiger partial charge on any atom is -0.382 e. The monoisotopic (exact) mass is 233 g/mol. The molecule has 5 nitrogen and oxygen atoms in total. The van der Waals surface area contributed by atoms with Crippen molar-refractivity contribution in [3.05, 3.63) is 24.0 Å². The molecule has 0 saturated carbocycles. The highest BCUT2D eigenvalue weighted by Crippen LogP contribution is 2.16. The summed E-state index contributed by atoms with van der Waals surface area (Å²) < 4.78 is 0. The van der Waals surface area contributed by atoms with Gasteiger partial charge in [0.05, 0.1) is 0 Å². The van der Waals surface area contributed by atoms with Crippen LogP contribution < -0.4 is 10.6 Å². The Labute approximate surface area is 102 Å². The van der Waals surface area contributed by atoms with E-state index in [1.165, 1.54) is 0 Å². The van der Waals surface area contributed by atoms with Crippen molar-refractivity contribution >= 4 is 11.5 Å². The van der Waals surface area contributed by atoms with Crippen molar-refractivity contribution in [1.29, 1.82) is 5.41 Å². The second-order valence-corrected chi connectivity index (χ2v) is 4.46. The molecular weight excluding hydrogens is 214 g/mol. The average molecular weight is 233 g/mol. The summed E-state index contributed by atoms with van der Waals surface area (Å²) in [6.45, 7) is 4.27. The molecule has 0 unspecified atom stereocenters. The molecule has 0 radical (unpaired) electrons. The summed E-state index contributed by atoms with van der Waals surface area (Å²) in [4.78, 5) is 8.76. The smallest absolute Gasteiger partial charge is 0.141 e. The third kappa shape index (κ3) is 2.94. The van der Waals surface area contributed by atoms with Crippen LogP contribution in [0.2, 0.25) is 0 Å². The number of nitrogens with one attached hydrogen (secondary N) is 1. The molecule has 1 aliphatic heterocycles. The van der Waals surface area contributed by atoms with Crippen molar-refractivity contribution in [2.45, 2.75) is 6.42 Å². The number of likely N-dealkylation sites (N-methyl/N-ethyl adjacent to an activating group) is 1. The van der Waals surface area contributed by atoms with E-state index in [0.29, 0.717) is 5.69 Å². The zero-order valence-corrected chi connectivity index (χ0v) is 10.2. The molecule has 5 heteroatoms. The van der Waals surface area contributed by atoms with Gasteiger partial charge < -0.3 is 15.5 Å². The van der Waals surface area contributed by atoms with Gasteiger partial charge in [0.1, 0.15) is 11.5 Å². The number of nitrogen functional groups attached to an aromatic ring is 1. The molecular formula is C12H19N5. The van der Waals surface area contributed by atoms with Crippen molar-refractivity contribution in [3.63, 3.8) is 0 Å². The van der Waals surface area contributed by atoms with E-state index in [2.05, 4.69) is 21.8 Å². The summed E-state index contributed by atoms with van der Waals surface area (Å²) in [5.41, 5.74) is 7.13. The molecule has 92 valence electrons. The Morgan fingerprint density at radius 2 is 2.18 bits per heavy atom. The first-order valence-electron chi connectivity index (χ1n) is 5.91. The summed E-state index contributed by atoms with van der Waals surface area (Å²) in [5, 5.41) is 7.41. The summed E-state index contributed by atoms with van der Waals surface area (Å²) in [6, 6.07) is 3.88. The highest BCUT2D eigenvalue weighted by molar-refractivity contribution is 5.93. The fourth-order valence-electron chi connectivity index (χ4n) is 2.07. The lowest BCUT2D eigenvalue weighted by molar-refractivity contribution is 0.360. The first-order valence-corrected chi connectivity index (χ1v) is 5.91. The van der Waals surface area contributed by atoms with Gasteiger partial charge in [0.2, 0.25) is 0 Å². The van der Waals surface area contributed by atoms with Crippen LogP contribution in [0.4, 0.5) is 5.69 Å². The molecule has 0 aliphatic carbocycles. The lowest BCUT2D eigenvalue weighted by Gasteiger charge is -2.23. The van der Waals surface area contributed by atoms with Crippen LogP contribution in [0.15, 0.2) is 18.3 Å². The van der Waals surface area contributed by atoms with Gasteiger partial charge >= 0.3 is 0 Å². The van der Waals surface area contributed by atoms with Gasteiger partial charge in [-0.3, -0.25) is 10.4 Å². The maximum atomic E-state index is 7.41. The van der Waals surface area contributed by atoms with Crippen LogP contribution in [0.3, 0.4) is 0 Å². The lowest BCUT2D eigenvalue weighted by atomic mass is 10.2. The van der Waals surface area contributed by atoms with E-state index in [9.17, 15) is 0 Å². The van der Waals surface area contributed by atoms with Crippen LogP contribution in [0.5, 0.6) is 0 Å². The van der Waals surface area contributed by atoms with E-state index in [1.54, 1.807) is 6.20 Å². The quantitative estimate of drug-likeness (QED) is 0.577. The van der Waals surface area contributed by atoms with Gasteiger partial charge in [-0.25, -0.2) is 0 Å². The van der Waals surface area contributed by atoms with Crippen molar-refractivity contribution in [3.8, 4) is 0 Å². The Hall–Kier alpha value is -1.62. The predicted molar refractivity (Wildman–Crippen MR) is 69.6 cm³/mol. The summed E-state index contributed by atoms with van der Waals surface area (Å²) >= 11 is 0. The number of hydrogen-bond donors (Lipinski definition) is 2. The fourth-order valence-corrected chi connectivity index (χ4v) is 2.07. The Morgan fingerprint density at radius 3 is 2.94 bits per heavy atom. The van der Waals surface area contributed by atoms with E-state index in [4.69, 9.17) is 11.1 Å². The van der Waals surface area contributed by atoms with Crippen LogP contribution in [0.25, 0.3) is 0 Å².